The summed E-state index contributed by atoms with van der Waals surface area (Å²) in [6.07, 6.45) is -1.51. The highest BCUT2D eigenvalue weighted by Gasteiger charge is 2.44. The first kappa shape index (κ1) is 25.7. The van der Waals surface area contributed by atoms with Gasteiger partial charge >= 0.3 is 5.69 Å². The van der Waals surface area contributed by atoms with E-state index in [0.717, 1.165) is 30.3 Å². The van der Waals surface area contributed by atoms with Crippen molar-refractivity contribution in [2.75, 3.05) is 13.2 Å². The van der Waals surface area contributed by atoms with Crippen molar-refractivity contribution in [1.82, 2.24) is 9.55 Å². The molecule has 1 fully saturated rings. The van der Waals surface area contributed by atoms with Crippen LogP contribution >= 0.6 is 0 Å². The summed E-state index contributed by atoms with van der Waals surface area (Å²) in [6.45, 7) is 1.79. The molecule has 34 heavy (non-hydrogen) atoms. The minimum atomic E-state index is -1.53. The number of H-pyrrole nitrogens is 1. The van der Waals surface area contributed by atoms with E-state index in [1.54, 1.807) is 0 Å². The maximum Gasteiger partial charge on any atom is 0.330 e. The molecule has 1 saturated heterocycles. The molecular formula is C22H29N3O9. The minimum absolute atomic E-state index is 0.0154. The summed E-state index contributed by atoms with van der Waals surface area (Å²) >= 11 is 0. The van der Waals surface area contributed by atoms with Gasteiger partial charge in [0.05, 0.1) is 17.1 Å². The number of aromatic amines is 1. The average molecular weight is 479 g/mol. The third kappa shape index (κ3) is 5.59. The fourth-order valence-electron chi connectivity index (χ4n) is 3.85. The van der Waals surface area contributed by atoms with Crippen LogP contribution in [-0.4, -0.2) is 61.3 Å². The van der Waals surface area contributed by atoms with Gasteiger partial charge in [0.2, 0.25) is 0 Å². The van der Waals surface area contributed by atoms with Gasteiger partial charge < -0.3 is 24.8 Å². The molecule has 12 nitrogen and oxygen atoms in total. The van der Waals surface area contributed by atoms with Crippen LogP contribution in [0.4, 0.5) is 5.69 Å². The number of nitro benzene ring substituents is 1. The normalized spacial score (nSPS) is 23.2. The van der Waals surface area contributed by atoms with Gasteiger partial charge in [-0.2, -0.15) is 0 Å². The predicted molar refractivity (Wildman–Crippen MR) is 119 cm³/mol. The van der Waals surface area contributed by atoms with E-state index in [0.29, 0.717) is 12.2 Å². The van der Waals surface area contributed by atoms with Gasteiger partial charge in [-0.25, -0.2) is 4.79 Å². The maximum absolute atomic E-state index is 12.7. The lowest BCUT2D eigenvalue weighted by Gasteiger charge is -2.22. The lowest BCUT2D eigenvalue weighted by molar-refractivity contribution is -0.384. The van der Waals surface area contributed by atoms with Crippen molar-refractivity contribution in [2.45, 2.75) is 63.3 Å². The summed E-state index contributed by atoms with van der Waals surface area (Å²) in [4.78, 5) is 37.9. The van der Waals surface area contributed by atoms with Gasteiger partial charge in [0.15, 0.2) is 6.23 Å². The standard InChI is InChI=1S/C22H29N3O9/c1-2-3-4-5-10-33-19(13-6-8-14(9-7-13)25(31)32)15-11-24(22(30)23-20(15)29)21-18(28)17(27)16(12-26)34-21/h6-9,11,16-19,21,26-28H,2-5,10,12H2,1H3,(H,23,29,30)/t16-,17-,18-,19-,21-/m1/s1. The molecule has 0 radical (unpaired) electrons. The van der Waals surface area contributed by atoms with Crippen molar-refractivity contribution in [2.24, 2.45) is 0 Å². The molecule has 0 bridgehead atoms. The second-order valence-electron chi connectivity index (χ2n) is 8.14. The molecule has 0 aliphatic carbocycles. The SMILES string of the molecule is CCCCCCO[C@H](c1ccc([N+](=O)[O-])cc1)c1cn([C@@H]2O[C@H](CO)[C@@H](O)[C@H]2O)c(=O)[nH]c1=O. The Kier molecular flexibility index (Phi) is 8.69. The minimum Gasteiger partial charge on any atom is -0.394 e. The van der Waals surface area contributed by atoms with E-state index in [4.69, 9.17) is 9.47 Å². The van der Waals surface area contributed by atoms with E-state index in [2.05, 4.69) is 11.9 Å². The number of nitrogens with one attached hydrogen (secondary N) is 1. The largest absolute Gasteiger partial charge is 0.394 e. The highest BCUT2D eigenvalue weighted by molar-refractivity contribution is 5.36. The molecule has 1 aromatic heterocycles. The first-order valence-corrected chi connectivity index (χ1v) is 11.1. The molecule has 1 aliphatic heterocycles. The number of rotatable bonds is 11. The zero-order valence-electron chi connectivity index (χ0n) is 18.7. The van der Waals surface area contributed by atoms with Crippen LogP contribution in [0.5, 0.6) is 0 Å². The van der Waals surface area contributed by atoms with Crippen molar-refractivity contribution in [3.8, 4) is 0 Å². The lowest BCUT2D eigenvalue weighted by Crippen LogP contribution is -2.39. The van der Waals surface area contributed by atoms with Crippen LogP contribution < -0.4 is 11.2 Å². The Balaban J connectivity index is 1.99. The summed E-state index contributed by atoms with van der Waals surface area (Å²) in [6, 6.07) is 5.52. The number of nitro groups is 1. The topological polar surface area (TPSA) is 177 Å². The van der Waals surface area contributed by atoms with Gasteiger partial charge in [-0.15, -0.1) is 0 Å². The third-order valence-electron chi connectivity index (χ3n) is 5.76. The van der Waals surface area contributed by atoms with E-state index in [-0.39, 0.29) is 11.3 Å². The van der Waals surface area contributed by atoms with Gasteiger partial charge in [0.25, 0.3) is 11.2 Å². The van der Waals surface area contributed by atoms with Crippen LogP contribution in [0.3, 0.4) is 0 Å². The molecule has 2 aromatic rings. The number of ether oxygens (including phenoxy) is 2. The first-order valence-electron chi connectivity index (χ1n) is 11.1. The zero-order valence-corrected chi connectivity index (χ0v) is 18.7. The third-order valence-corrected chi connectivity index (χ3v) is 5.76. The predicted octanol–water partition coefficient (Wildman–Crippen LogP) is 0.743. The lowest BCUT2D eigenvalue weighted by atomic mass is 10.0. The Hall–Kier alpha value is -2.90. The van der Waals surface area contributed by atoms with E-state index >= 15 is 0 Å². The Labute approximate surface area is 194 Å². The molecule has 0 amide bonds. The zero-order chi connectivity index (χ0) is 24.8. The molecular weight excluding hydrogens is 450 g/mol. The number of non-ortho nitro benzene ring substituents is 1. The van der Waals surface area contributed by atoms with Crippen molar-refractivity contribution in [3.63, 3.8) is 0 Å². The molecule has 2 heterocycles. The Morgan fingerprint density at radius 1 is 1.18 bits per heavy atom. The second-order valence-corrected chi connectivity index (χ2v) is 8.14. The summed E-state index contributed by atoms with van der Waals surface area (Å²) in [5, 5.41) is 40.7. The fraction of sp³-hybridized carbons (Fsp3) is 0.545. The molecule has 4 N–H and O–H groups in total. The van der Waals surface area contributed by atoms with Crippen LogP contribution in [0, 0.1) is 10.1 Å². The number of hydrogen-bond acceptors (Lipinski definition) is 9. The highest BCUT2D eigenvalue weighted by Crippen LogP contribution is 2.30. The second kappa shape index (κ2) is 11.5. The van der Waals surface area contributed by atoms with Crippen LogP contribution in [-0.2, 0) is 9.47 Å². The molecule has 3 rings (SSSR count). The van der Waals surface area contributed by atoms with E-state index in [1.807, 2.05) is 0 Å². The van der Waals surface area contributed by atoms with E-state index in [9.17, 15) is 35.0 Å². The first-order chi connectivity index (χ1) is 16.3. The van der Waals surface area contributed by atoms with Gasteiger partial charge in [-0.05, 0) is 24.1 Å². The Bertz CT molecular complexity index is 1080. The van der Waals surface area contributed by atoms with Crippen molar-refractivity contribution in [3.05, 3.63) is 72.5 Å². The summed E-state index contributed by atoms with van der Waals surface area (Å²) in [7, 11) is 0. The maximum atomic E-state index is 12.7. The number of unbranched alkanes of at least 4 members (excludes halogenated alkanes) is 3. The van der Waals surface area contributed by atoms with Gasteiger partial charge in [-0.3, -0.25) is 24.5 Å². The van der Waals surface area contributed by atoms with Gasteiger partial charge in [0.1, 0.15) is 24.4 Å². The fourth-order valence-corrected chi connectivity index (χ4v) is 3.85. The van der Waals surface area contributed by atoms with E-state index < -0.39 is 53.4 Å². The van der Waals surface area contributed by atoms with Crippen LogP contribution in [0.2, 0.25) is 0 Å². The van der Waals surface area contributed by atoms with Crippen molar-refractivity contribution in [1.29, 1.82) is 0 Å². The van der Waals surface area contributed by atoms with Crippen LogP contribution in [0.15, 0.2) is 40.1 Å². The summed E-state index contributed by atoms with van der Waals surface area (Å²) in [5.74, 6) is 0. The summed E-state index contributed by atoms with van der Waals surface area (Å²) < 4.78 is 12.3. The molecule has 12 heteroatoms. The molecule has 1 aliphatic rings. The van der Waals surface area contributed by atoms with Gasteiger partial charge in [-0.1, -0.05) is 26.2 Å². The van der Waals surface area contributed by atoms with Gasteiger partial charge in [0, 0.05) is 24.9 Å². The number of aromatic nitrogens is 2. The molecule has 186 valence electrons. The summed E-state index contributed by atoms with van der Waals surface area (Å²) in [5.41, 5.74) is -1.27. The monoisotopic (exact) mass is 479 g/mol. The smallest absolute Gasteiger partial charge is 0.330 e. The average Bonchev–Trinajstić information content (AvgIpc) is 3.10. The number of hydrogen-bond donors (Lipinski definition) is 4. The Morgan fingerprint density at radius 3 is 2.47 bits per heavy atom. The number of aliphatic hydroxyl groups excluding tert-OH is 3. The van der Waals surface area contributed by atoms with Crippen molar-refractivity contribution >= 4 is 5.69 Å². The molecule has 0 unspecified atom stereocenters. The molecule has 0 saturated carbocycles. The Morgan fingerprint density at radius 2 is 1.88 bits per heavy atom. The molecule has 1 aromatic carbocycles. The number of aliphatic hydroxyl groups is 3. The molecule has 5 atom stereocenters. The number of benzene rings is 1. The highest BCUT2D eigenvalue weighted by atomic mass is 16.6. The quantitative estimate of drug-likeness (QED) is 0.206. The van der Waals surface area contributed by atoms with Crippen LogP contribution in [0.1, 0.15) is 56.1 Å². The van der Waals surface area contributed by atoms with Crippen molar-refractivity contribution < 1.29 is 29.7 Å². The van der Waals surface area contributed by atoms with E-state index in [1.165, 1.54) is 30.5 Å². The van der Waals surface area contributed by atoms with Crippen LogP contribution in [0.25, 0.3) is 0 Å². The molecule has 0 spiro atoms. The number of nitrogens with zero attached hydrogens (tertiary/aromatic N) is 2.